The largest absolute Gasteiger partial charge is 0.369 e. The lowest BCUT2D eigenvalue weighted by Crippen LogP contribution is -2.46. The zero-order chi connectivity index (χ0) is 21.2. The van der Waals surface area contributed by atoms with Crippen molar-refractivity contribution in [2.45, 2.75) is 19.1 Å². The van der Waals surface area contributed by atoms with Crippen LogP contribution in [0.25, 0.3) is 10.8 Å². The van der Waals surface area contributed by atoms with Gasteiger partial charge in [0, 0.05) is 54.9 Å². The quantitative estimate of drug-likeness (QED) is 0.621. The topological polar surface area (TPSA) is 47.0 Å². The Morgan fingerprint density at radius 2 is 1.52 bits per heavy atom. The Hall–Kier alpha value is -2.89. The van der Waals surface area contributed by atoms with Gasteiger partial charge >= 0.3 is 0 Å². The maximum absolute atomic E-state index is 13.0. The third-order valence-electron chi connectivity index (χ3n) is 6.62. The number of piperazine rings is 1. The van der Waals surface area contributed by atoms with Crippen molar-refractivity contribution in [3.63, 3.8) is 0 Å². The fraction of sp³-hybridized carbons (Fsp3) is 0.346. The highest BCUT2D eigenvalue weighted by Gasteiger charge is 2.32. The number of rotatable bonds is 6. The van der Waals surface area contributed by atoms with Gasteiger partial charge in [0.2, 0.25) is 0 Å². The molecule has 3 aromatic rings. The summed E-state index contributed by atoms with van der Waals surface area (Å²) in [5.74, 6) is -0.0618. The molecule has 0 aliphatic carbocycles. The van der Waals surface area contributed by atoms with Gasteiger partial charge in [0.1, 0.15) is 0 Å². The third-order valence-corrected chi connectivity index (χ3v) is 6.62. The van der Waals surface area contributed by atoms with Crippen LogP contribution >= 0.6 is 0 Å². The lowest BCUT2D eigenvalue weighted by atomic mass is 9.93. The van der Waals surface area contributed by atoms with Gasteiger partial charge in [0.15, 0.2) is 6.23 Å². The molecule has 160 valence electrons. The Morgan fingerprint density at radius 3 is 2.29 bits per heavy atom. The second-order valence-corrected chi connectivity index (χ2v) is 8.49. The molecule has 5 heteroatoms. The standard InChI is InChI=1S/C26H29N3O2/c30-25-22-12-6-8-20-9-7-13-23(24(20)22)26(31)29(25)15-5-4-14-27-16-18-28(19-17-27)21-10-2-1-3-11-21/h1-3,6-13,25,30H,4-5,14-19H2. The van der Waals surface area contributed by atoms with Gasteiger partial charge in [-0.1, -0.05) is 48.5 Å². The van der Waals surface area contributed by atoms with Crippen molar-refractivity contribution in [1.29, 1.82) is 0 Å². The van der Waals surface area contributed by atoms with Crippen LogP contribution in [0, 0.1) is 0 Å². The first-order valence-electron chi connectivity index (χ1n) is 11.3. The molecule has 0 bridgehead atoms. The van der Waals surface area contributed by atoms with Crippen molar-refractivity contribution in [3.8, 4) is 0 Å². The molecule has 1 N–H and O–H groups in total. The van der Waals surface area contributed by atoms with Gasteiger partial charge in [-0.3, -0.25) is 9.69 Å². The third kappa shape index (κ3) is 3.91. The predicted octanol–water partition coefficient (Wildman–Crippen LogP) is 3.89. The van der Waals surface area contributed by atoms with Gasteiger partial charge in [-0.15, -0.1) is 0 Å². The first-order valence-corrected chi connectivity index (χ1v) is 11.3. The molecule has 1 fully saturated rings. The van der Waals surface area contributed by atoms with E-state index in [0.717, 1.165) is 61.9 Å². The minimum absolute atomic E-state index is 0.0618. The fourth-order valence-corrected chi connectivity index (χ4v) is 4.91. The zero-order valence-electron chi connectivity index (χ0n) is 17.8. The number of hydrogen-bond acceptors (Lipinski definition) is 4. The van der Waals surface area contributed by atoms with E-state index in [9.17, 15) is 9.90 Å². The maximum Gasteiger partial charge on any atom is 0.256 e. The van der Waals surface area contributed by atoms with Crippen LogP contribution < -0.4 is 4.90 Å². The lowest BCUT2D eigenvalue weighted by Gasteiger charge is -2.36. The molecule has 0 radical (unpaired) electrons. The molecule has 2 aliphatic rings. The molecule has 2 aliphatic heterocycles. The van der Waals surface area contributed by atoms with Crippen molar-refractivity contribution in [1.82, 2.24) is 9.80 Å². The smallest absolute Gasteiger partial charge is 0.256 e. The van der Waals surface area contributed by atoms with Crippen LogP contribution in [0.4, 0.5) is 5.69 Å². The zero-order valence-corrected chi connectivity index (χ0v) is 17.8. The molecule has 5 rings (SSSR count). The average Bonchev–Trinajstić information content (AvgIpc) is 2.83. The predicted molar refractivity (Wildman–Crippen MR) is 124 cm³/mol. The van der Waals surface area contributed by atoms with Gasteiger partial charge in [-0.25, -0.2) is 0 Å². The summed E-state index contributed by atoms with van der Waals surface area (Å²) in [6, 6.07) is 22.3. The van der Waals surface area contributed by atoms with Crippen LogP contribution in [0.2, 0.25) is 0 Å². The van der Waals surface area contributed by atoms with Crippen LogP contribution in [-0.4, -0.2) is 60.1 Å². The summed E-state index contributed by atoms with van der Waals surface area (Å²) in [5.41, 5.74) is 2.84. The minimum Gasteiger partial charge on any atom is -0.369 e. The lowest BCUT2D eigenvalue weighted by molar-refractivity contribution is 0.00398. The second kappa shape index (κ2) is 8.69. The fourth-order valence-electron chi connectivity index (χ4n) is 4.91. The van der Waals surface area contributed by atoms with Crippen LogP contribution in [0.5, 0.6) is 0 Å². The number of nitrogens with zero attached hydrogens (tertiary/aromatic N) is 3. The first kappa shape index (κ1) is 20.0. The van der Waals surface area contributed by atoms with Crippen molar-refractivity contribution >= 4 is 22.4 Å². The molecule has 2 heterocycles. The molecule has 0 aromatic heterocycles. The van der Waals surface area contributed by atoms with E-state index in [4.69, 9.17) is 0 Å². The normalized spacial score (nSPS) is 19.3. The summed E-state index contributed by atoms with van der Waals surface area (Å²) in [6.07, 6.45) is 1.05. The van der Waals surface area contributed by atoms with Crippen LogP contribution in [-0.2, 0) is 0 Å². The molecule has 1 unspecified atom stereocenters. The van der Waals surface area contributed by atoms with E-state index in [1.165, 1.54) is 5.69 Å². The van der Waals surface area contributed by atoms with Crippen LogP contribution in [0.1, 0.15) is 35.0 Å². The van der Waals surface area contributed by atoms with Gasteiger partial charge in [0.05, 0.1) is 0 Å². The molecule has 1 saturated heterocycles. The average molecular weight is 416 g/mol. The minimum atomic E-state index is -0.861. The summed E-state index contributed by atoms with van der Waals surface area (Å²) < 4.78 is 0. The number of anilines is 1. The van der Waals surface area contributed by atoms with Crippen LogP contribution in [0.3, 0.4) is 0 Å². The highest BCUT2D eigenvalue weighted by atomic mass is 16.3. The van der Waals surface area contributed by atoms with E-state index in [2.05, 4.69) is 40.1 Å². The molecular formula is C26H29N3O2. The summed E-state index contributed by atoms with van der Waals surface area (Å²) in [6.45, 7) is 5.84. The molecule has 1 amide bonds. The Bertz CT molecular complexity index is 1060. The molecule has 5 nitrogen and oxygen atoms in total. The molecule has 1 atom stereocenters. The van der Waals surface area contributed by atoms with Crippen LogP contribution in [0.15, 0.2) is 66.7 Å². The van der Waals surface area contributed by atoms with E-state index < -0.39 is 6.23 Å². The number of para-hydroxylation sites is 1. The van der Waals surface area contributed by atoms with Crippen molar-refractivity contribution in [2.24, 2.45) is 0 Å². The van der Waals surface area contributed by atoms with E-state index >= 15 is 0 Å². The van der Waals surface area contributed by atoms with Crippen molar-refractivity contribution in [3.05, 3.63) is 77.9 Å². The number of hydrogen-bond donors (Lipinski definition) is 1. The molecule has 3 aromatic carbocycles. The number of carbonyl (C=O) groups excluding carboxylic acids is 1. The van der Waals surface area contributed by atoms with E-state index in [-0.39, 0.29) is 5.91 Å². The van der Waals surface area contributed by atoms with Gasteiger partial charge in [0.25, 0.3) is 5.91 Å². The number of amides is 1. The van der Waals surface area contributed by atoms with Crippen molar-refractivity contribution < 1.29 is 9.90 Å². The highest BCUT2D eigenvalue weighted by Crippen LogP contribution is 2.35. The monoisotopic (exact) mass is 415 g/mol. The second-order valence-electron chi connectivity index (χ2n) is 8.49. The summed E-state index contributed by atoms with van der Waals surface area (Å²) >= 11 is 0. The van der Waals surface area contributed by atoms with E-state index in [1.54, 1.807) is 4.90 Å². The summed E-state index contributed by atoms with van der Waals surface area (Å²) in [5, 5.41) is 12.8. The van der Waals surface area contributed by atoms with E-state index in [1.807, 2.05) is 36.4 Å². The summed E-state index contributed by atoms with van der Waals surface area (Å²) in [7, 11) is 0. The number of aliphatic hydroxyl groups excluding tert-OH is 1. The van der Waals surface area contributed by atoms with E-state index in [0.29, 0.717) is 12.1 Å². The van der Waals surface area contributed by atoms with Gasteiger partial charge in [-0.05, 0) is 43.0 Å². The number of benzene rings is 3. The Kier molecular flexibility index (Phi) is 5.62. The van der Waals surface area contributed by atoms with Crippen molar-refractivity contribution in [2.75, 3.05) is 44.2 Å². The highest BCUT2D eigenvalue weighted by molar-refractivity contribution is 6.10. The Labute approximate surface area is 183 Å². The molecule has 0 saturated carbocycles. The number of unbranched alkanes of at least 4 members (excludes halogenated alkanes) is 1. The Balaban J connectivity index is 1.14. The van der Waals surface area contributed by atoms with Gasteiger partial charge < -0.3 is 14.9 Å². The molecule has 0 spiro atoms. The summed E-state index contributed by atoms with van der Waals surface area (Å²) in [4.78, 5) is 19.6. The maximum atomic E-state index is 13.0. The SMILES string of the molecule is O=C1c2cccc3cccc(c23)C(O)N1CCCCN1CCN(c2ccccc2)CC1. The molecule has 31 heavy (non-hydrogen) atoms. The first-order chi connectivity index (χ1) is 15.2. The van der Waals surface area contributed by atoms with Gasteiger partial charge in [-0.2, -0.15) is 0 Å². The molecular weight excluding hydrogens is 386 g/mol. The Morgan fingerprint density at radius 1 is 0.806 bits per heavy atom. The number of aliphatic hydroxyl groups is 1. The number of carbonyl (C=O) groups is 1.